The van der Waals surface area contributed by atoms with E-state index in [0.717, 1.165) is 148 Å². The molecule has 21 rings (SSSR count). The minimum atomic E-state index is 0.455. The molecule has 0 aliphatic rings. The van der Waals surface area contributed by atoms with E-state index in [-0.39, 0.29) is 0 Å². The first-order valence-electron chi connectivity index (χ1n) is 48.3. The van der Waals surface area contributed by atoms with Crippen LogP contribution in [0.15, 0.2) is 534 Å². The zero-order valence-electron chi connectivity index (χ0n) is 78.2. The number of rotatable bonds is 28. The Balaban J connectivity index is 0.536. The van der Waals surface area contributed by atoms with Crippen LogP contribution < -0.4 is 19.6 Å². The van der Waals surface area contributed by atoms with E-state index in [4.69, 9.17) is 0 Å². The zero-order chi connectivity index (χ0) is 93.0. The maximum Gasteiger partial charge on any atom is 0.0462 e. The Kier molecular flexibility index (Phi) is 25.6. The fourth-order valence-electron chi connectivity index (χ4n) is 19.1. The fourth-order valence-corrected chi connectivity index (χ4v) is 19.1. The number of hydrogen-bond acceptors (Lipinski definition) is 4. The normalized spacial score (nSPS) is 11.6. The van der Waals surface area contributed by atoms with Crippen molar-refractivity contribution in [3.63, 3.8) is 0 Å². The first kappa shape index (κ1) is 87.5. The van der Waals surface area contributed by atoms with Gasteiger partial charge < -0.3 is 19.6 Å². The molecule has 0 radical (unpaired) electrons. The van der Waals surface area contributed by atoms with Gasteiger partial charge in [0.15, 0.2) is 0 Å². The van der Waals surface area contributed by atoms with Crippen molar-refractivity contribution < 1.29 is 0 Å². The highest BCUT2D eigenvalue weighted by Crippen LogP contribution is 2.46. The Morgan fingerprint density at radius 3 is 0.362 bits per heavy atom. The summed E-state index contributed by atoms with van der Waals surface area (Å²) in [5.41, 5.74) is 43.7. The van der Waals surface area contributed by atoms with Gasteiger partial charge in [0, 0.05) is 68.2 Å². The Labute approximate surface area is 813 Å². The maximum absolute atomic E-state index is 2.38. The lowest BCUT2D eigenvalue weighted by Crippen LogP contribution is -2.10. The van der Waals surface area contributed by atoms with Gasteiger partial charge >= 0.3 is 0 Å². The summed E-state index contributed by atoms with van der Waals surface area (Å²) in [5.74, 6) is 0.910. The van der Waals surface area contributed by atoms with E-state index in [2.05, 4.69) is 581 Å². The van der Waals surface area contributed by atoms with Crippen LogP contribution in [0.25, 0.3) is 134 Å². The minimum absolute atomic E-state index is 0.455. The lowest BCUT2D eigenvalue weighted by atomic mass is 9.97. The molecular weight excluding hydrogens is 1670 g/mol. The molecule has 0 aromatic heterocycles. The Hall–Kier alpha value is -17.2. The van der Waals surface area contributed by atoms with Crippen molar-refractivity contribution in [1.29, 1.82) is 0 Å². The van der Waals surface area contributed by atoms with Crippen molar-refractivity contribution in [3.05, 3.63) is 545 Å². The summed E-state index contributed by atoms with van der Waals surface area (Å²) in [7, 11) is 0. The van der Waals surface area contributed by atoms with Crippen LogP contribution in [0.4, 0.5) is 68.2 Å². The largest absolute Gasteiger partial charge is 0.311 e. The van der Waals surface area contributed by atoms with Gasteiger partial charge in [-0.05, 0) is 345 Å². The highest BCUT2D eigenvalue weighted by Gasteiger charge is 2.22. The standard InChI is InChI=1S/C134H106N4/c1-5-95(3)97-42-66-123(67-43-97)135(125-70-46-103(47-71-125)105-50-74-127(75-51-105)137(131-82-54-107(55-83-131)117-36-19-32-113(90-117)99-24-11-7-12-25-99)132-84-56-108(57-85-132)118-37-20-33-114(91-118)100-26-13-8-14-27-100)129-78-62-111(63-79-129)121-40-23-41-122(94-121)112-64-80-130(81-65-112)136(124-68-44-98(45-69-124)96(4)6-2)126-72-48-104(49-73-126)106-52-76-128(77-53-106)138(133-86-58-109(59-87-133)119-38-21-34-115(92-119)101-28-15-9-16-29-101)134-88-60-110(61-89-134)120-39-22-35-116(93-120)102-30-17-10-18-31-102/h7-96H,5-6H2,1-4H3. The fraction of sp³-hybridized carbons (Fsp3) is 0.0597. The molecule has 0 saturated heterocycles. The van der Waals surface area contributed by atoms with Gasteiger partial charge in [-0.15, -0.1) is 0 Å². The van der Waals surface area contributed by atoms with E-state index < -0.39 is 0 Å². The van der Waals surface area contributed by atoms with Gasteiger partial charge in [-0.3, -0.25) is 0 Å². The molecular formula is C134H106N4. The lowest BCUT2D eigenvalue weighted by molar-refractivity contribution is 0.733. The third-order valence-corrected chi connectivity index (χ3v) is 27.3. The average Bonchev–Trinajstić information content (AvgIpc) is 0.786. The van der Waals surface area contributed by atoms with E-state index in [1.807, 2.05) is 0 Å². The molecule has 0 spiro atoms. The Morgan fingerprint density at radius 2 is 0.232 bits per heavy atom. The lowest BCUT2D eigenvalue weighted by Gasteiger charge is -2.27. The van der Waals surface area contributed by atoms with Gasteiger partial charge in [0.25, 0.3) is 0 Å². The Morgan fingerprint density at radius 1 is 0.123 bits per heavy atom. The Bertz CT molecular complexity index is 6950. The molecule has 0 amide bonds. The highest BCUT2D eigenvalue weighted by atomic mass is 15.2. The van der Waals surface area contributed by atoms with E-state index in [0.29, 0.717) is 11.8 Å². The molecule has 0 bridgehead atoms. The van der Waals surface area contributed by atoms with E-state index >= 15 is 0 Å². The molecule has 4 heteroatoms. The van der Waals surface area contributed by atoms with Crippen molar-refractivity contribution in [2.75, 3.05) is 19.6 Å². The van der Waals surface area contributed by atoms with Crippen LogP contribution in [0.3, 0.4) is 0 Å². The van der Waals surface area contributed by atoms with E-state index in [1.165, 1.54) is 77.9 Å². The molecule has 4 nitrogen and oxygen atoms in total. The second-order valence-electron chi connectivity index (χ2n) is 36.0. The molecule has 662 valence electrons. The summed E-state index contributed by atoms with van der Waals surface area (Å²) >= 11 is 0. The van der Waals surface area contributed by atoms with Crippen molar-refractivity contribution in [2.24, 2.45) is 0 Å². The summed E-state index contributed by atoms with van der Waals surface area (Å²) in [6.45, 7) is 9.15. The first-order valence-corrected chi connectivity index (χ1v) is 48.3. The van der Waals surface area contributed by atoms with Crippen LogP contribution in [0.2, 0.25) is 0 Å². The topological polar surface area (TPSA) is 13.0 Å². The van der Waals surface area contributed by atoms with Crippen LogP contribution in [0.1, 0.15) is 63.5 Å². The molecule has 21 aromatic carbocycles. The van der Waals surface area contributed by atoms with Crippen LogP contribution in [-0.2, 0) is 0 Å². The van der Waals surface area contributed by atoms with Gasteiger partial charge in [-0.1, -0.05) is 386 Å². The van der Waals surface area contributed by atoms with E-state index in [1.54, 1.807) is 0 Å². The molecule has 21 aromatic rings. The van der Waals surface area contributed by atoms with Crippen molar-refractivity contribution in [2.45, 2.75) is 52.4 Å². The predicted octanol–water partition coefficient (Wildman–Crippen LogP) is 38.6. The molecule has 0 aliphatic carbocycles. The van der Waals surface area contributed by atoms with Crippen molar-refractivity contribution in [3.8, 4) is 134 Å². The second kappa shape index (κ2) is 40.3. The van der Waals surface area contributed by atoms with Crippen molar-refractivity contribution in [1.82, 2.24) is 0 Å². The molecule has 0 heterocycles. The van der Waals surface area contributed by atoms with Gasteiger partial charge in [-0.25, -0.2) is 0 Å². The van der Waals surface area contributed by atoms with Gasteiger partial charge in [-0.2, -0.15) is 0 Å². The molecule has 138 heavy (non-hydrogen) atoms. The molecule has 0 aliphatic heterocycles. The third-order valence-electron chi connectivity index (χ3n) is 27.3. The van der Waals surface area contributed by atoms with Crippen LogP contribution in [-0.4, -0.2) is 0 Å². The van der Waals surface area contributed by atoms with Crippen LogP contribution in [0, 0.1) is 0 Å². The molecule has 0 fully saturated rings. The molecule has 0 N–H and O–H groups in total. The summed E-state index contributed by atoms with van der Waals surface area (Å²) in [6.07, 6.45) is 2.15. The summed E-state index contributed by atoms with van der Waals surface area (Å²) in [4.78, 5) is 9.50. The number of hydrogen-bond donors (Lipinski definition) is 0. The second-order valence-corrected chi connectivity index (χ2v) is 36.0. The zero-order valence-corrected chi connectivity index (χ0v) is 78.2. The smallest absolute Gasteiger partial charge is 0.0462 e. The van der Waals surface area contributed by atoms with Gasteiger partial charge in [0.1, 0.15) is 0 Å². The van der Waals surface area contributed by atoms with Gasteiger partial charge in [0.2, 0.25) is 0 Å². The number of nitrogens with zero attached hydrogens (tertiary/aromatic N) is 4. The first-order chi connectivity index (χ1) is 68.1. The van der Waals surface area contributed by atoms with Crippen LogP contribution in [0.5, 0.6) is 0 Å². The minimum Gasteiger partial charge on any atom is -0.311 e. The third kappa shape index (κ3) is 19.2. The van der Waals surface area contributed by atoms with Crippen LogP contribution >= 0.6 is 0 Å². The average molecular weight is 1770 g/mol. The van der Waals surface area contributed by atoms with E-state index in [9.17, 15) is 0 Å². The molecule has 2 atom stereocenters. The monoisotopic (exact) mass is 1770 g/mol. The SMILES string of the molecule is CCC(C)c1ccc(N(c2ccc(-c3ccc(N(c4ccc(-c5cccc(-c6ccccc6)c5)cc4)c4ccc(-c5cccc(-c6ccccc6)c5)cc4)cc3)cc2)c2ccc(-c3cccc(-c4ccc(N(c5ccc(-c6ccc(N(c7ccc(-c8cccc(-c9ccccc9)c8)cc7)c7ccc(-c8cccc(-c9ccccc9)c8)cc7)cc6)cc5)c5ccc(C(C)CC)cc5)cc4)c3)cc2)cc1. The summed E-state index contributed by atoms with van der Waals surface area (Å²) < 4.78 is 0. The highest BCUT2D eigenvalue weighted by molar-refractivity contribution is 5.89. The number of anilines is 12. The van der Waals surface area contributed by atoms with Crippen molar-refractivity contribution >= 4 is 68.2 Å². The quantitative estimate of drug-likeness (QED) is 0.0484. The summed E-state index contributed by atoms with van der Waals surface area (Å²) in [5, 5.41) is 0. The predicted molar refractivity (Wildman–Crippen MR) is 588 cm³/mol. The molecule has 0 saturated carbocycles. The summed E-state index contributed by atoms with van der Waals surface area (Å²) in [6, 6.07) is 196. The van der Waals surface area contributed by atoms with Gasteiger partial charge in [0.05, 0.1) is 0 Å². The number of benzene rings is 21. The maximum atomic E-state index is 2.38. The molecule has 2 unspecified atom stereocenters.